The summed E-state index contributed by atoms with van der Waals surface area (Å²) >= 11 is 0. The zero-order chi connectivity index (χ0) is 14.4. The number of amides is 1. The van der Waals surface area contributed by atoms with Crippen LogP contribution in [0.2, 0.25) is 0 Å². The molecule has 106 valence electrons. The maximum atomic E-state index is 11.8. The molecule has 0 bridgehead atoms. The monoisotopic (exact) mass is 264 g/mol. The predicted octanol–water partition coefficient (Wildman–Crippen LogP) is 2.04. The Balaban J connectivity index is 2.63. The number of nitrogens with one attached hydrogen (secondary N) is 1. The topological polar surface area (TPSA) is 64.3 Å². The standard InChI is InChI=1S/C15H24N2O2/c1-10(2)13-6-5-7-14(8-13)19-12(4)15(18)17-11(3)9-16/h5-8,10-12H,9,16H2,1-4H3,(H,17,18)/t11-,12?/m0/s1. The van der Waals surface area contributed by atoms with Gasteiger partial charge < -0.3 is 15.8 Å². The molecule has 0 spiro atoms. The van der Waals surface area contributed by atoms with Crippen molar-refractivity contribution < 1.29 is 9.53 Å². The molecule has 0 aromatic heterocycles. The number of benzene rings is 1. The molecule has 0 aliphatic heterocycles. The minimum Gasteiger partial charge on any atom is -0.481 e. The Morgan fingerprint density at radius 2 is 2.00 bits per heavy atom. The van der Waals surface area contributed by atoms with Gasteiger partial charge in [-0.3, -0.25) is 4.79 Å². The third-order valence-electron chi connectivity index (χ3n) is 2.95. The van der Waals surface area contributed by atoms with Crippen LogP contribution >= 0.6 is 0 Å². The lowest BCUT2D eigenvalue weighted by Crippen LogP contribution is -2.44. The van der Waals surface area contributed by atoms with Crippen molar-refractivity contribution in [3.05, 3.63) is 29.8 Å². The van der Waals surface area contributed by atoms with Crippen molar-refractivity contribution in [3.63, 3.8) is 0 Å². The Morgan fingerprint density at radius 1 is 1.32 bits per heavy atom. The summed E-state index contributed by atoms with van der Waals surface area (Å²) < 4.78 is 5.66. The summed E-state index contributed by atoms with van der Waals surface area (Å²) in [4.78, 5) is 11.8. The van der Waals surface area contributed by atoms with Gasteiger partial charge in [0.15, 0.2) is 6.10 Å². The van der Waals surface area contributed by atoms with Gasteiger partial charge in [-0.25, -0.2) is 0 Å². The van der Waals surface area contributed by atoms with Crippen LogP contribution in [-0.2, 0) is 4.79 Å². The van der Waals surface area contributed by atoms with E-state index < -0.39 is 6.10 Å². The van der Waals surface area contributed by atoms with Crippen molar-refractivity contribution in [3.8, 4) is 5.75 Å². The number of carbonyl (C=O) groups excluding carboxylic acids is 1. The van der Waals surface area contributed by atoms with Crippen LogP contribution in [0.4, 0.5) is 0 Å². The molecule has 0 saturated heterocycles. The van der Waals surface area contributed by atoms with Crippen molar-refractivity contribution in [2.24, 2.45) is 5.73 Å². The Kier molecular flexibility index (Phi) is 5.83. The van der Waals surface area contributed by atoms with Gasteiger partial charge in [-0.1, -0.05) is 26.0 Å². The molecule has 2 atom stereocenters. The summed E-state index contributed by atoms with van der Waals surface area (Å²) in [6.45, 7) is 8.27. The number of carbonyl (C=O) groups is 1. The molecule has 1 aromatic carbocycles. The van der Waals surface area contributed by atoms with Crippen molar-refractivity contribution in [1.29, 1.82) is 0 Å². The molecule has 1 amide bonds. The molecule has 4 nitrogen and oxygen atoms in total. The van der Waals surface area contributed by atoms with Gasteiger partial charge in [0.1, 0.15) is 5.75 Å². The summed E-state index contributed by atoms with van der Waals surface area (Å²) in [5.74, 6) is 1.01. The predicted molar refractivity (Wildman–Crippen MR) is 77.3 cm³/mol. The van der Waals surface area contributed by atoms with Crippen LogP contribution in [0.3, 0.4) is 0 Å². The summed E-state index contributed by atoms with van der Waals surface area (Å²) in [5.41, 5.74) is 6.67. The highest BCUT2D eigenvalue weighted by atomic mass is 16.5. The zero-order valence-electron chi connectivity index (χ0n) is 12.1. The van der Waals surface area contributed by atoms with Crippen LogP contribution < -0.4 is 15.8 Å². The van der Waals surface area contributed by atoms with Crippen LogP contribution in [0, 0.1) is 0 Å². The largest absolute Gasteiger partial charge is 0.481 e. The van der Waals surface area contributed by atoms with Gasteiger partial charge >= 0.3 is 0 Å². The van der Waals surface area contributed by atoms with Gasteiger partial charge in [0.25, 0.3) is 5.91 Å². The molecule has 0 radical (unpaired) electrons. The Labute approximate surface area is 115 Å². The molecular formula is C15H24N2O2. The second kappa shape index (κ2) is 7.14. The van der Waals surface area contributed by atoms with E-state index in [2.05, 4.69) is 25.2 Å². The van der Waals surface area contributed by atoms with Crippen LogP contribution in [0.5, 0.6) is 5.75 Å². The highest BCUT2D eigenvalue weighted by Crippen LogP contribution is 2.20. The number of ether oxygens (including phenoxy) is 1. The van der Waals surface area contributed by atoms with Crippen molar-refractivity contribution >= 4 is 5.91 Å². The van der Waals surface area contributed by atoms with Crippen molar-refractivity contribution in [2.75, 3.05) is 6.54 Å². The highest BCUT2D eigenvalue weighted by molar-refractivity contribution is 5.81. The molecule has 0 aliphatic carbocycles. The van der Waals surface area contributed by atoms with Gasteiger partial charge in [-0.2, -0.15) is 0 Å². The molecule has 0 heterocycles. The second-order valence-corrected chi connectivity index (χ2v) is 5.13. The first kappa shape index (κ1) is 15.5. The van der Waals surface area contributed by atoms with E-state index in [0.29, 0.717) is 18.2 Å². The fourth-order valence-corrected chi connectivity index (χ4v) is 1.62. The van der Waals surface area contributed by atoms with E-state index in [1.165, 1.54) is 5.56 Å². The third kappa shape index (κ3) is 4.91. The lowest BCUT2D eigenvalue weighted by Gasteiger charge is -2.18. The molecule has 1 rings (SSSR count). The molecule has 3 N–H and O–H groups in total. The van der Waals surface area contributed by atoms with E-state index in [-0.39, 0.29) is 11.9 Å². The normalized spacial score (nSPS) is 14.0. The van der Waals surface area contributed by atoms with E-state index >= 15 is 0 Å². The Morgan fingerprint density at radius 3 is 2.58 bits per heavy atom. The fraction of sp³-hybridized carbons (Fsp3) is 0.533. The molecule has 0 saturated carbocycles. The average molecular weight is 264 g/mol. The van der Waals surface area contributed by atoms with E-state index in [1.807, 2.05) is 25.1 Å². The van der Waals surface area contributed by atoms with Crippen molar-refractivity contribution in [2.45, 2.75) is 45.8 Å². The molecule has 1 aromatic rings. The summed E-state index contributed by atoms with van der Waals surface area (Å²) in [7, 11) is 0. The number of hydrogen-bond donors (Lipinski definition) is 2. The van der Waals surface area contributed by atoms with Gasteiger partial charge in [0, 0.05) is 12.6 Å². The van der Waals surface area contributed by atoms with Gasteiger partial charge in [-0.05, 0) is 37.5 Å². The lowest BCUT2D eigenvalue weighted by atomic mass is 10.0. The fourth-order valence-electron chi connectivity index (χ4n) is 1.62. The van der Waals surface area contributed by atoms with Crippen molar-refractivity contribution in [1.82, 2.24) is 5.32 Å². The second-order valence-electron chi connectivity index (χ2n) is 5.13. The molecular weight excluding hydrogens is 240 g/mol. The smallest absolute Gasteiger partial charge is 0.261 e. The number of nitrogens with two attached hydrogens (primary N) is 1. The van der Waals surface area contributed by atoms with Crippen LogP contribution in [0.1, 0.15) is 39.2 Å². The first-order chi connectivity index (χ1) is 8.93. The molecule has 1 unspecified atom stereocenters. The zero-order valence-corrected chi connectivity index (χ0v) is 12.1. The van der Waals surface area contributed by atoms with Gasteiger partial charge in [0.2, 0.25) is 0 Å². The SMILES string of the molecule is CC(Oc1cccc(C(C)C)c1)C(=O)N[C@@H](C)CN. The molecule has 4 heteroatoms. The molecule has 19 heavy (non-hydrogen) atoms. The third-order valence-corrected chi connectivity index (χ3v) is 2.95. The quantitative estimate of drug-likeness (QED) is 0.826. The summed E-state index contributed by atoms with van der Waals surface area (Å²) in [6.07, 6.45) is -0.531. The summed E-state index contributed by atoms with van der Waals surface area (Å²) in [5, 5.41) is 2.80. The molecule has 0 fully saturated rings. The number of rotatable bonds is 6. The minimum absolute atomic E-state index is 0.0412. The van der Waals surface area contributed by atoms with Crippen LogP contribution in [0.25, 0.3) is 0 Å². The highest BCUT2D eigenvalue weighted by Gasteiger charge is 2.16. The average Bonchev–Trinajstić information content (AvgIpc) is 2.38. The van der Waals surface area contributed by atoms with E-state index in [1.54, 1.807) is 6.92 Å². The van der Waals surface area contributed by atoms with Gasteiger partial charge in [-0.15, -0.1) is 0 Å². The van der Waals surface area contributed by atoms with E-state index in [9.17, 15) is 4.79 Å². The van der Waals surface area contributed by atoms with Crippen LogP contribution in [0.15, 0.2) is 24.3 Å². The van der Waals surface area contributed by atoms with E-state index in [0.717, 1.165) is 0 Å². The summed E-state index contributed by atoms with van der Waals surface area (Å²) in [6, 6.07) is 7.79. The Bertz CT molecular complexity index is 418. The first-order valence-electron chi connectivity index (χ1n) is 6.71. The maximum absolute atomic E-state index is 11.8. The first-order valence-corrected chi connectivity index (χ1v) is 6.71. The number of hydrogen-bond acceptors (Lipinski definition) is 3. The van der Waals surface area contributed by atoms with Gasteiger partial charge in [0.05, 0.1) is 0 Å². The van der Waals surface area contributed by atoms with Crippen LogP contribution in [-0.4, -0.2) is 24.6 Å². The lowest BCUT2D eigenvalue weighted by molar-refractivity contribution is -0.127. The maximum Gasteiger partial charge on any atom is 0.261 e. The Hall–Kier alpha value is -1.55. The molecule has 0 aliphatic rings. The van der Waals surface area contributed by atoms with E-state index in [4.69, 9.17) is 10.5 Å². The minimum atomic E-state index is -0.531.